The Hall–Kier alpha value is -1.66. The number of allylic oxidation sites excluding steroid dienone is 1. The molecular weight excluding hydrogens is 216 g/mol. The normalized spacial score (nSPS) is 15.3. The zero-order valence-corrected chi connectivity index (χ0v) is 8.80. The average molecular weight is 230 g/mol. The molecule has 0 aliphatic carbocycles. The third kappa shape index (κ3) is 2.91. The molecule has 6 nitrogen and oxygen atoms in total. The van der Waals surface area contributed by atoms with Crippen LogP contribution >= 0.6 is 0 Å². The molecule has 0 radical (unpaired) electrons. The predicted octanol–water partition coefficient (Wildman–Crippen LogP) is -0.228. The molecule has 0 spiro atoms. The van der Waals surface area contributed by atoms with Gasteiger partial charge in [-0.2, -0.15) is 0 Å². The number of carbonyl (C=O) groups is 2. The molecule has 0 aromatic carbocycles. The Morgan fingerprint density at radius 2 is 1.88 bits per heavy atom. The highest BCUT2D eigenvalue weighted by Crippen LogP contribution is 2.22. The summed E-state index contributed by atoms with van der Waals surface area (Å²) in [6, 6.07) is 0. The number of aliphatic carboxylic acids is 2. The van der Waals surface area contributed by atoms with E-state index in [0.29, 0.717) is 0 Å². The van der Waals surface area contributed by atoms with Gasteiger partial charge in [-0.25, -0.2) is 9.59 Å². The number of hydrogen-bond donors (Lipinski definition) is 4. The molecule has 0 bridgehead atoms. The molecule has 0 heterocycles. The van der Waals surface area contributed by atoms with E-state index in [1.54, 1.807) is 0 Å². The highest BCUT2D eigenvalue weighted by molar-refractivity contribution is 5.88. The van der Waals surface area contributed by atoms with Crippen molar-refractivity contribution in [2.24, 2.45) is 0 Å². The van der Waals surface area contributed by atoms with Crippen LogP contribution in [0.5, 0.6) is 0 Å². The maximum Gasteiger partial charge on any atom is 0.342 e. The molecule has 0 fully saturated rings. The average Bonchev–Trinajstić information content (AvgIpc) is 2.23. The van der Waals surface area contributed by atoms with E-state index in [-0.39, 0.29) is 17.6 Å². The summed E-state index contributed by atoms with van der Waals surface area (Å²) in [7, 11) is 0. The van der Waals surface area contributed by atoms with E-state index in [1.807, 2.05) is 0 Å². The van der Waals surface area contributed by atoms with Gasteiger partial charge in [-0.15, -0.1) is 0 Å². The smallest absolute Gasteiger partial charge is 0.342 e. The van der Waals surface area contributed by atoms with Crippen LogP contribution in [0.4, 0.5) is 0 Å². The lowest BCUT2D eigenvalue weighted by Gasteiger charge is -2.23. The summed E-state index contributed by atoms with van der Waals surface area (Å²) >= 11 is 0. The minimum Gasteiger partial charge on any atom is -0.479 e. The monoisotopic (exact) mass is 230 g/mol. The summed E-state index contributed by atoms with van der Waals surface area (Å²) in [6.07, 6.45) is 0.947. The standard InChI is InChI=1S/C10H14O6/c1-3-7(8(12)13)4-6(2)10(16,5-11)9(14)15/h3,11,16H,2,4-5H2,1H3,(H,12,13)(H,14,15)/b7-3-/t10-/m1/s1. The van der Waals surface area contributed by atoms with E-state index in [2.05, 4.69) is 6.58 Å². The van der Waals surface area contributed by atoms with Crippen LogP contribution in [0.1, 0.15) is 13.3 Å². The SMILES string of the molecule is C=C(C/C(=C/C)C(=O)O)[C@](O)(CO)C(=O)O. The maximum atomic E-state index is 10.7. The Labute approximate surface area is 92.1 Å². The second-order valence-electron chi connectivity index (χ2n) is 3.22. The first-order valence-corrected chi connectivity index (χ1v) is 4.43. The number of hydrogen-bond acceptors (Lipinski definition) is 4. The van der Waals surface area contributed by atoms with Crippen molar-refractivity contribution in [2.45, 2.75) is 18.9 Å². The van der Waals surface area contributed by atoms with Gasteiger partial charge in [0.25, 0.3) is 0 Å². The Balaban J connectivity index is 4.94. The molecule has 90 valence electrons. The van der Waals surface area contributed by atoms with E-state index in [0.717, 1.165) is 0 Å². The van der Waals surface area contributed by atoms with Crippen LogP contribution in [-0.2, 0) is 9.59 Å². The number of aliphatic hydroxyl groups excluding tert-OH is 1. The molecule has 0 aliphatic rings. The summed E-state index contributed by atoms with van der Waals surface area (Å²) in [5.74, 6) is -2.89. The lowest BCUT2D eigenvalue weighted by Crippen LogP contribution is -2.44. The van der Waals surface area contributed by atoms with Crippen molar-refractivity contribution >= 4 is 11.9 Å². The van der Waals surface area contributed by atoms with Crippen LogP contribution in [0.3, 0.4) is 0 Å². The fraction of sp³-hybridized carbons (Fsp3) is 0.400. The van der Waals surface area contributed by atoms with E-state index >= 15 is 0 Å². The van der Waals surface area contributed by atoms with Gasteiger partial charge in [-0.3, -0.25) is 0 Å². The molecule has 1 atom stereocenters. The molecule has 4 N–H and O–H groups in total. The number of aliphatic hydroxyl groups is 2. The van der Waals surface area contributed by atoms with Crippen molar-refractivity contribution < 1.29 is 30.0 Å². The van der Waals surface area contributed by atoms with Gasteiger partial charge in [-0.05, 0) is 12.5 Å². The molecule has 16 heavy (non-hydrogen) atoms. The summed E-state index contributed by atoms with van der Waals surface area (Å²) in [6.45, 7) is 3.70. The van der Waals surface area contributed by atoms with Crippen molar-refractivity contribution in [3.8, 4) is 0 Å². The Morgan fingerprint density at radius 3 is 2.12 bits per heavy atom. The van der Waals surface area contributed by atoms with Crippen LogP contribution in [-0.4, -0.2) is 44.6 Å². The van der Waals surface area contributed by atoms with Crippen molar-refractivity contribution in [2.75, 3.05) is 6.61 Å². The third-order valence-corrected chi connectivity index (χ3v) is 2.19. The summed E-state index contributed by atoms with van der Waals surface area (Å²) in [5.41, 5.74) is -2.89. The quantitative estimate of drug-likeness (QED) is 0.370. The number of carboxylic acids is 2. The van der Waals surface area contributed by atoms with Crippen LogP contribution < -0.4 is 0 Å². The highest BCUT2D eigenvalue weighted by Gasteiger charge is 2.38. The number of rotatable bonds is 6. The van der Waals surface area contributed by atoms with E-state index in [1.165, 1.54) is 13.0 Å². The Kier molecular flexibility index (Phi) is 4.87. The van der Waals surface area contributed by atoms with Crippen molar-refractivity contribution in [3.63, 3.8) is 0 Å². The van der Waals surface area contributed by atoms with Gasteiger partial charge in [0.15, 0.2) is 0 Å². The second kappa shape index (κ2) is 5.43. The molecule has 0 aromatic heterocycles. The van der Waals surface area contributed by atoms with Crippen LogP contribution in [0.15, 0.2) is 23.8 Å². The molecule has 0 saturated heterocycles. The summed E-state index contributed by atoms with van der Waals surface area (Å²) in [5, 5.41) is 35.7. The van der Waals surface area contributed by atoms with Gasteiger partial charge in [0.05, 0.1) is 6.61 Å². The molecule has 0 aromatic rings. The van der Waals surface area contributed by atoms with Crippen LogP contribution in [0.25, 0.3) is 0 Å². The minimum absolute atomic E-state index is 0.0990. The largest absolute Gasteiger partial charge is 0.479 e. The van der Waals surface area contributed by atoms with E-state index in [9.17, 15) is 14.7 Å². The van der Waals surface area contributed by atoms with Crippen molar-refractivity contribution in [3.05, 3.63) is 23.8 Å². The minimum atomic E-state index is -2.51. The van der Waals surface area contributed by atoms with Gasteiger partial charge >= 0.3 is 11.9 Å². The van der Waals surface area contributed by atoms with E-state index < -0.39 is 24.1 Å². The van der Waals surface area contributed by atoms with Crippen LogP contribution in [0.2, 0.25) is 0 Å². The molecule has 0 saturated carbocycles. The zero-order chi connectivity index (χ0) is 12.9. The zero-order valence-electron chi connectivity index (χ0n) is 8.80. The Bertz CT molecular complexity index is 343. The molecule has 0 rings (SSSR count). The first-order valence-electron chi connectivity index (χ1n) is 4.43. The van der Waals surface area contributed by atoms with Gasteiger partial charge in [0.2, 0.25) is 5.60 Å². The second-order valence-corrected chi connectivity index (χ2v) is 3.22. The van der Waals surface area contributed by atoms with E-state index in [4.69, 9.17) is 15.3 Å². The van der Waals surface area contributed by atoms with Gasteiger partial charge < -0.3 is 20.4 Å². The lowest BCUT2D eigenvalue weighted by atomic mass is 9.90. The summed E-state index contributed by atoms with van der Waals surface area (Å²) < 4.78 is 0. The first-order chi connectivity index (χ1) is 7.29. The topological polar surface area (TPSA) is 115 Å². The van der Waals surface area contributed by atoms with Gasteiger partial charge in [0.1, 0.15) is 0 Å². The van der Waals surface area contributed by atoms with Crippen molar-refractivity contribution in [1.29, 1.82) is 0 Å². The van der Waals surface area contributed by atoms with Crippen LogP contribution in [0, 0.1) is 0 Å². The Morgan fingerprint density at radius 1 is 1.38 bits per heavy atom. The maximum absolute atomic E-state index is 10.7. The molecule has 0 aliphatic heterocycles. The lowest BCUT2D eigenvalue weighted by molar-refractivity contribution is -0.158. The third-order valence-electron chi connectivity index (χ3n) is 2.19. The fourth-order valence-electron chi connectivity index (χ4n) is 1.01. The number of carboxylic acid groups (broad SMARTS) is 2. The van der Waals surface area contributed by atoms with Gasteiger partial charge in [-0.1, -0.05) is 12.7 Å². The molecule has 0 unspecified atom stereocenters. The van der Waals surface area contributed by atoms with Crippen molar-refractivity contribution in [1.82, 2.24) is 0 Å². The highest BCUT2D eigenvalue weighted by atomic mass is 16.4. The first kappa shape index (κ1) is 14.3. The molecule has 6 heteroatoms. The predicted molar refractivity (Wildman–Crippen MR) is 54.8 cm³/mol. The van der Waals surface area contributed by atoms with Gasteiger partial charge in [0, 0.05) is 12.0 Å². The fourth-order valence-corrected chi connectivity index (χ4v) is 1.01. The molecule has 0 amide bonds. The molecular formula is C10H14O6. The summed E-state index contributed by atoms with van der Waals surface area (Å²) in [4.78, 5) is 21.3.